The summed E-state index contributed by atoms with van der Waals surface area (Å²) >= 11 is 0. The molecule has 0 aliphatic heterocycles. The summed E-state index contributed by atoms with van der Waals surface area (Å²) in [4.78, 5) is 47.2. The van der Waals surface area contributed by atoms with Gasteiger partial charge in [0.2, 0.25) is 15.9 Å². The van der Waals surface area contributed by atoms with Crippen LogP contribution in [0.5, 0.6) is 5.75 Å². The molecular formula is C20H21N3O10S. The predicted molar refractivity (Wildman–Crippen MR) is 120 cm³/mol. The maximum Gasteiger partial charge on any atom is 0.339 e. The van der Waals surface area contributed by atoms with E-state index in [0.717, 1.165) is 38.7 Å². The SMILES string of the molecule is COC(=O)c1ccc(C(=O)OC)c(NC(=O)CN(c2cc([N+](=O)[O-])ccc2OC)S(C)(=O)=O)c1. The largest absolute Gasteiger partial charge is 0.495 e. The lowest BCUT2D eigenvalue weighted by molar-refractivity contribution is -0.384. The minimum absolute atomic E-state index is 0.00535. The summed E-state index contributed by atoms with van der Waals surface area (Å²) in [5, 5.41) is 13.5. The number of nitro benzene ring substituents is 1. The monoisotopic (exact) mass is 495 g/mol. The van der Waals surface area contributed by atoms with Crippen LogP contribution < -0.4 is 14.4 Å². The number of carbonyl (C=O) groups excluding carboxylic acids is 3. The van der Waals surface area contributed by atoms with Crippen LogP contribution in [0.3, 0.4) is 0 Å². The van der Waals surface area contributed by atoms with Gasteiger partial charge in [-0.3, -0.25) is 19.2 Å². The number of amides is 1. The van der Waals surface area contributed by atoms with Crippen LogP contribution in [-0.4, -0.2) is 65.3 Å². The highest BCUT2D eigenvalue weighted by molar-refractivity contribution is 7.92. The third kappa shape index (κ3) is 5.98. The van der Waals surface area contributed by atoms with E-state index >= 15 is 0 Å². The van der Waals surface area contributed by atoms with Crippen LogP contribution in [-0.2, 0) is 24.3 Å². The number of hydrogen-bond acceptors (Lipinski definition) is 10. The van der Waals surface area contributed by atoms with E-state index in [4.69, 9.17) is 4.74 Å². The Balaban J connectivity index is 2.48. The van der Waals surface area contributed by atoms with Gasteiger partial charge in [-0.05, 0) is 24.3 Å². The highest BCUT2D eigenvalue weighted by Crippen LogP contribution is 2.33. The summed E-state index contributed by atoms with van der Waals surface area (Å²) in [6, 6.07) is 6.93. The average Bonchev–Trinajstić information content (AvgIpc) is 2.80. The van der Waals surface area contributed by atoms with Crippen LogP contribution in [0.25, 0.3) is 0 Å². The molecule has 0 saturated heterocycles. The lowest BCUT2D eigenvalue weighted by Gasteiger charge is -2.23. The molecule has 14 heteroatoms. The van der Waals surface area contributed by atoms with Crippen molar-refractivity contribution >= 4 is 44.9 Å². The molecule has 0 bridgehead atoms. The fourth-order valence-electron chi connectivity index (χ4n) is 2.87. The molecule has 0 heterocycles. The summed E-state index contributed by atoms with van der Waals surface area (Å²) in [6.07, 6.45) is 0.802. The Morgan fingerprint density at radius 3 is 2.21 bits per heavy atom. The summed E-state index contributed by atoms with van der Waals surface area (Å²) in [5.41, 5.74) is -0.915. The number of hydrogen-bond donors (Lipinski definition) is 1. The highest BCUT2D eigenvalue weighted by atomic mass is 32.2. The van der Waals surface area contributed by atoms with Gasteiger partial charge in [0.05, 0.1) is 49.3 Å². The molecule has 0 aliphatic rings. The van der Waals surface area contributed by atoms with Gasteiger partial charge in [0, 0.05) is 12.1 Å². The second-order valence-corrected chi connectivity index (χ2v) is 8.58. The van der Waals surface area contributed by atoms with Gasteiger partial charge in [-0.25, -0.2) is 18.0 Å². The van der Waals surface area contributed by atoms with Crippen molar-refractivity contribution in [1.82, 2.24) is 0 Å². The molecule has 13 nitrogen and oxygen atoms in total. The summed E-state index contributed by atoms with van der Waals surface area (Å²) in [5.74, 6) is -2.53. The number of ether oxygens (including phenoxy) is 3. The van der Waals surface area contributed by atoms with Gasteiger partial charge in [-0.2, -0.15) is 0 Å². The summed E-state index contributed by atoms with van der Waals surface area (Å²) < 4.78 is 39.9. The lowest BCUT2D eigenvalue weighted by Crippen LogP contribution is -2.38. The number of sulfonamides is 1. The smallest absolute Gasteiger partial charge is 0.339 e. The fourth-order valence-corrected chi connectivity index (χ4v) is 3.72. The van der Waals surface area contributed by atoms with Crippen LogP contribution in [0.15, 0.2) is 36.4 Å². The Morgan fingerprint density at radius 1 is 1.03 bits per heavy atom. The molecular weight excluding hydrogens is 474 g/mol. The standard InChI is InChI=1S/C20H21N3O10S/c1-31-17-8-6-13(23(27)28)10-16(17)22(34(4,29)30)11-18(24)21-15-9-12(19(25)32-2)5-7-14(15)20(26)33-3/h5-10H,11H2,1-4H3,(H,21,24). The molecule has 0 saturated carbocycles. The molecule has 182 valence electrons. The highest BCUT2D eigenvalue weighted by Gasteiger charge is 2.27. The van der Waals surface area contributed by atoms with Gasteiger partial charge in [0.25, 0.3) is 5.69 Å². The third-order valence-electron chi connectivity index (χ3n) is 4.45. The van der Waals surface area contributed by atoms with Crippen molar-refractivity contribution in [3.8, 4) is 5.75 Å². The number of rotatable bonds is 9. The number of methoxy groups -OCH3 is 3. The first-order chi connectivity index (χ1) is 15.9. The van der Waals surface area contributed by atoms with E-state index in [0.29, 0.717) is 4.31 Å². The Bertz CT molecular complexity index is 1240. The van der Waals surface area contributed by atoms with Crippen molar-refractivity contribution in [1.29, 1.82) is 0 Å². The number of nitro groups is 1. The second kappa shape index (κ2) is 10.6. The van der Waals surface area contributed by atoms with E-state index in [1.165, 1.54) is 25.3 Å². The van der Waals surface area contributed by atoms with Crippen LogP contribution in [0.2, 0.25) is 0 Å². The van der Waals surface area contributed by atoms with E-state index in [1.807, 2.05) is 0 Å². The Morgan fingerprint density at radius 2 is 1.68 bits per heavy atom. The minimum atomic E-state index is -4.13. The molecule has 1 N–H and O–H groups in total. The van der Waals surface area contributed by atoms with E-state index in [2.05, 4.69) is 14.8 Å². The number of benzene rings is 2. The van der Waals surface area contributed by atoms with E-state index < -0.39 is 45.0 Å². The number of nitrogens with zero attached hydrogens (tertiary/aromatic N) is 2. The number of nitrogens with one attached hydrogen (secondary N) is 1. The Labute approximate surface area is 194 Å². The van der Waals surface area contributed by atoms with Crippen LogP contribution in [0.1, 0.15) is 20.7 Å². The molecule has 1 amide bonds. The zero-order valence-electron chi connectivity index (χ0n) is 18.6. The van der Waals surface area contributed by atoms with Gasteiger partial charge in [0.1, 0.15) is 18.0 Å². The Hall–Kier alpha value is -4.20. The molecule has 2 aromatic rings. The zero-order chi connectivity index (χ0) is 25.6. The molecule has 0 spiro atoms. The van der Waals surface area contributed by atoms with Crippen molar-refractivity contribution in [3.05, 3.63) is 57.6 Å². The number of carbonyl (C=O) groups is 3. The van der Waals surface area contributed by atoms with E-state index in [-0.39, 0.29) is 28.3 Å². The first-order valence-corrected chi connectivity index (χ1v) is 11.2. The minimum Gasteiger partial charge on any atom is -0.495 e. The van der Waals surface area contributed by atoms with Gasteiger partial charge in [0.15, 0.2) is 0 Å². The van der Waals surface area contributed by atoms with E-state index in [9.17, 15) is 32.9 Å². The topological polar surface area (TPSA) is 171 Å². The Kier molecular flexibility index (Phi) is 8.13. The van der Waals surface area contributed by atoms with Gasteiger partial charge in [-0.1, -0.05) is 0 Å². The quantitative estimate of drug-likeness (QED) is 0.306. The number of esters is 2. The maximum absolute atomic E-state index is 12.8. The molecule has 0 radical (unpaired) electrons. The molecule has 2 aromatic carbocycles. The van der Waals surface area contributed by atoms with Gasteiger partial charge >= 0.3 is 11.9 Å². The number of anilines is 2. The maximum atomic E-state index is 12.8. The van der Waals surface area contributed by atoms with E-state index in [1.54, 1.807) is 0 Å². The molecule has 0 atom stereocenters. The zero-order valence-corrected chi connectivity index (χ0v) is 19.4. The molecule has 0 aromatic heterocycles. The van der Waals surface area contributed by atoms with Crippen molar-refractivity contribution < 1.29 is 41.9 Å². The van der Waals surface area contributed by atoms with Gasteiger partial charge < -0.3 is 19.5 Å². The van der Waals surface area contributed by atoms with Crippen molar-refractivity contribution in [2.45, 2.75) is 0 Å². The fraction of sp³-hybridized carbons (Fsp3) is 0.250. The normalized spacial score (nSPS) is 10.7. The van der Waals surface area contributed by atoms with Crippen molar-refractivity contribution in [3.63, 3.8) is 0 Å². The summed E-state index contributed by atoms with van der Waals surface area (Å²) in [6.45, 7) is -0.834. The van der Waals surface area contributed by atoms with Gasteiger partial charge in [-0.15, -0.1) is 0 Å². The first-order valence-electron chi connectivity index (χ1n) is 9.33. The first kappa shape index (κ1) is 26.1. The average molecular weight is 495 g/mol. The molecule has 0 unspecified atom stereocenters. The lowest BCUT2D eigenvalue weighted by atomic mass is 10.1. The third-order valence-corrected chi connectivity index (χ3v) is 5.58. The van der Waals surface area contributed by atoms with Crippen LogP contribution in [0.4, 0.5) is 17.1 Å². The molecule has 0 aliphatic carbocycles. The summed E-state index contributed by atoms with van der Waals surface area (Å²) in [7, 11) is -0.647. The van der Waals surface area contributed by atoms with Crippen LogP contribution >= 0.6 is 0 Å². The molecule has 0 fully saturated rings. The molecule has 34 heavy (non-hydrogen) atoms. The van der Waals surface area contributed by atoms with Crippen LogP contribution in [0, 0.1) is 10.1 Å². The number of non-ortho nitro benzene ring substituents is 1. The van der Waals surface area contributed by atoms with Crippen molar-refractivity contribution in [2.24, 2.45) is 0 Å². The second-order valence-electron chi connectivity index (χ2n) is 6.67. The van der Waals surface area contributed by atoms with Crippen molar-refractivity contribution in [2.75, 3.05) is 43.8 Å². The predicted octanol–water partition coefficient (Wildman–Crippen LogP) is 1.58. The molecule has 2 rings (SSSR count).